The fourth-order valence-electron chi connectivity index (χ4n) is 3.42. The Hall–Kier alpha value is -3.42. The number of rotatable bonds is 4. The number of benzene rings is 1. The van der Waals surface area contributed by atoms with Gasteiger partial charge in [-0.2, -0.15) is 4.98 Å². The van der Waals surface area contributed by atoms with Gasteiger partial charge in [-0.25, -0.2) is 4.79 Å². The second-order valence-corrected chi connectivity index (χ2v) is 7.34. The van der Waals surface area contributed by atoms with Crippen LogP contribution in [0.25, 0.3) is 11.4 Å². The summed E-state index contributed by atoms with van der Waals surface area (Å²) in [5.41, 5.74) is 2.69. The minimum Gasteiger partial charge on any atom is -0.490 e. The number of nitrogens with one attached hydrogen (secondary N) is 1. The molecule has 5 rings (SSSR count). The van der Waals surface area contributed by atoms with Crippen molar-refractivity contribution < 1.29 is 14.1 Å². The SMILES string of the molecule is C[C@H](NC(=O)N1CCOc2ccccc21)c1nc(-c2ccnc(C3CC3)c2)no1. The molecule has 0 spiro atoms. The van der Waals surface area contributed by atoms with E-state index in [1.807, 2.05) is 43.3 Å². The molecule has 1 aromatic carbocycles. The highest BCUT2D eigenvalue weighted by atomic mass is 16.5. The van der Waals surface area contributed by atoms with Crippen molar-refractivity contribution in [1.29, 1.82) is 0 Å². The fraction of sp³-hybridized carbons (Fsp3) is 0.333. The number of hydrogen-bond acceptors (Lipinski definition) is 6. The lowest BCUT2D eigenvalue weighted by molar-refractivity contribution is 0.233. The number of carbonyl (C=O) groups excluding carboxylic acids is 1. The van der Waals surface area contributed by atoms with Crippen LogP contribution in [0.5, 0.6) is 5.75 Å². The molecule has 3 heterocycles. The average molecular weight is 391 g/mol. The summed E-state index contributed by atoms with van der Waals surface area (Å²) in [6, 6.07) is 10.7. The van der Waals surface area contributed by atoms with Gasteiger partial charge in [-0.15, -0.1) is 0 Å². The second kappa shape index (κ2) is 7.20. The minimum atomic E-state index is -0.427. The average Bonchev–Trinajstić information content (AvgIpc) is 3.49. The highest BCUT2D eigenvalue weighted by molar-refractivity contribution is 5.94. The zero-order chi connectivity index (χ0) is 19.8. The van der Waals surface area contributed by atoms with Gasteiger partial charge in [-0.1, -0.05) is 17.3 Å². The van der Waals surface area contributed by atoms with Crippen LogP contribution in [0.4, 0.5) is 10.5 Å². The van der Waals surface area contributed by atoms with Crippen molar-refractivity contribution in [2.75, 3.05) is 18.1 Å². The number of amides is 2. The first-order valence-corrected chi connectivity index (χ1v) is 9.79. The molecule has 0 bridgehead atoms. The van der Waals surface area contributed by atoms with Gasteiger partial charge in [0, 0.05) is 23.4 Å². The van der Waals surface area contributed by atoms with E-state index in [-0.39, 0.29) is 6.03 Å². The second-order valence-electron chi connectivity index (χ2n) is 7.34. The number of fused-ring (bicyclic) bond motifs is 1. The number of hydrogen-bond donors (Lipinski definition) is 1. The van der Waals surface area contributed by atoms with Crippen LogP contribution in [0.2, 0.25) is 0 Å². The van der Waals surface area contributed by atoms with Crippen LogP contribution < -0.4 is 15.0 Å². The molecule has 0 radical (unpaired) electrons. The van der Waals surface area contributed by atoms with Crippen LogP contribution in [0.15, 0.2) is 47.1 Å². The van der Waals surface area contributed by atoms with E-state index < -0.39 is 6.04 Å². The Kier molecular flexibility index (Phi) is 4.38. The Balaban J connectivity index is 1.30. The molecule has 2 amide bonds. The number of nitrogens with zero attached hydrogens (tertiary/aromatic N) is 4. The van der Waals surface area contributed by atoms with Crippen LogP contribution in [-0.2, 0) is 0 Å². The van der Waals surface area contributed by atoms with Crippen molar-refractivity contribution in [2.24, 2.45) is 0 Å². The van der Waals surface area contributed by atoms with E-state index in [1.165, 1.54) is 12.8 Å². The molecule has 8 nitrogen and oxygen atoms in total. The molecule has 2 aliphatic rings. The monoisotopic (exact) mass is 391 g/mol. The first kappa shape index (κ1) is 17.7. The van der Waals surface area contributed by atoms with Crippen LogP contribution in [0.3, 0.4) is 0 Å². The van der Waals surface area contributed by atoms with Crippen molar-refractivity contribution >= 4 is 11.7 Å². The third-order valence-electron chi connectivity index (χ3n) is 5.16. The third-order valence-corrected chi connectivity index (χ3v) is 5.16. The first-order chi connectivity index (χ1) is 14.2. The van der Waals surface area contributed by atoms with Gasteiger partial charge < -0.3 is 14.6 Å². The molecule has 1 aliphatic heterocycles. The number of ether oxygens (including phenoxy) is 1. The van der Waals surface area contributed by atoms with Crippen molar-refractivity contribution in [1.82, 2.24) is 20.4 Å². The Morgan fingerprint density at radius 3 is 3.00 bits per heavy atom. The molecule has 8 heteroatoms. The van der Waals surface area contributed by atoms with Crippen LogP contribution in [0, 0.1) is 0 Å². The summed E-state index contributed by atoms with van der Waals surface area (Å²) in [5.74, 6) is 2.11. The molecule has 0 saturated heterocycles. The molecular formula is C21H21N5O3. The quantitative estimate of drug-likeness (QED) is 0.729. The summed E-state index contributed by atoms with van der Waals surface area (Å²) in [5, 5.41) is 7.02. The summed E-state index contributed by atoms with van der Waals surface area (Å²) >= 11 is 0. The smallest absolute Gasteiger partial charge is 0.322 e. The lowest BCUT2D eigenvalue weighted by Gasteiger charge is -2.30. The van der Waals surface area contributed by atoms with E-state index in [2.05, 4.69) is 20.4 Å². The maximum absolute atomic E-state index is 12.8. The predicted octanol–water partition coefficient (Wildman–Crippen LogP) is 3.68. The number of aromatic nitrogens is 3. The molecule has 1 saturated carbocycles. The number of urea groups is 1. The van der Waals surface area contributed by atoms with E-state index >= 15 is 0 Å². The van der Waals surface area contributed by atoms with Crippen LogP contribution >= 0.6 is 0 Å². The molecule has 29 heavy (non-hydrogen) atoms. The highest BCUT2D eigenvalue weighted by Gasteiger charge is 2.27. The maximum Gasteiger partial charge on any atom is 0.322 e. The van der Waals surface area contributed by atoms with Gasteiger partial charge in [0.1, 0.15) is 18.4 Å². The molecule has 2 aromatic heterocycles. The Labute approximate surface area is 167 Å². The largest absolute Gasteiger partial charge is 0.490 e. The molecule has 148 valence electrons. The Bertz CT molecular complexity index is 1050. The van der Waals surface area contributed by atoms with Crippen molar-refractivity contribution in [2.45, 2.75) is 31.7 Å². The number of pyridine rings is 1. The standard InChI is InChI=1S/C21H21N5O3/c1-13(23-21(27)26-10-11-28-18-5-3-2-4-17(18)26)20-24-19(25-29-20)15-8-9-22-16(12-15)14-6-7-14/h2-5,8-9,12-14H,6-7,10-11H2,1H3,(H,23,27)/t13-/m0/s1. The van der Waals surface area contributed by atoms with Crippen molar-refractivity contribution in [3.8, 4) is 17.1 Å². The lowest BCUT2D eigenvalue weighted by atomic mass is 10.2. The van der Waals surface area contributed by atoms with E-state index in [9.17, 15) is 4.79 Å². The Morgan fingerprint density at radius 1 is 1.28 bits per heavy atom. The van der Waals surface area contributed by atoms with Crippen molar-refractivity contribution in [3.63, 3.8) is 0 Å². The summed E-state index contributed by atoms with van der Waals surface area (Å²) < 4.78 is 11.0. The van der Waals surface area contributed by atoms with Gasteiger partial charge in [0.05, 0.1) is 12.2 Å². The van der Waals surface area contributed by atoms with E-state index in [4.69, 9.17) is 9.26 Å². The fourth-order valence-corrected chi connectivity index (χ4v) is 3.42. The van der Waals surface area contributed by atoms with E-state index in [0.29, 0.717) is 36.5 Å². The van der Waals surface area contributed by atoms with Crippen LogP contribution in [-0.4, -0.2) is 34.3 Å². The number of anilines is 1. The zero-order valence-electron chi connectivity index (χ0n) is 16.0. The number of carbonyl (C=O) groups is 1. The maximum atomic E-state index is 12.8. The summed E-state index contributed by atoms with van der Waals surface area (Å²) in [4.78, 5) is 23.4. The highest BCUT2D eigenvalue weighted by Crippen LogP contribution is 2.39. The molecule has 0 unspecified atom stereocenters. The molecule has 1 aliphatic carbocycles. The van der Waals surface area contributed by atoms with Gasteiger partial charge in [0.25, 0.3) is 0 Å². The minimum absolute atomic E-state index is 0.229. The summed E-state index contributed by atoms with van der Waals surface area (Å²) in [6.45, 7) is 2.75. The predicted molar refractivity (Wildman–Crippen MR) is 106 cm³/mol. The number of para-hydroxylation sites is 2. The molecule has 3 aromatic rings. The van der Waals surface area contributed by atoms with Gasteiger partial charge in [0.2, 0.25) is 11.7 Å². The topological polar surface area (TPSA) is 93.4 Å². The normalized spacial score (nSPS) is 16.7. The van der Waals surface area contributed by atoms with Gasteiger partial charge in [-0.3, -0.25) is 9.88 Å². The molecule has 1 atom stereocenters. The summed E-state index contributed by atoms with van der Waals surface area (Å²) in [7, 11) is 0. The van der Waals surface area contributed by atoms with Crippen molar-refractivity contribution in [3.05, 3.63) is 54.2 Å². The zero-order valence-corrected chi connectivity index (χ0v) is 16.0. The summed E-state index contributed by atoms with van der Waals surface area (Å²) in [6.07, 6.45) is 4.14. The van der Waals surface area contributed by atoms with E-state index in [1.54, 1.807) is 11.1 Å². The van der Waals surface area contributed by atoms with E-state index in [0.717, 1.165) is 16.9 Å². The Morgan fingerprint density at radius 2 is 2.14 bits per heavy atom. The van der Waals surface area contributed by atoms with Gasteiger partial charge in [0.15, 0.2) is 0 Å². The molecule has 1 fully saturated rings. The van der Waals surface area contributed by atoms with Gasteiger partial charge >= 0.3 is 6.03 Å². The third kappa shape index (κ3) is 3.53. The lowest BCUT2D eigenvalue weighted by Crippen LogP contribution is -2.45. The van der Waals surface area contributed by atoms with Gasteiger partial charge in [-0.05, 0) is 44.0 Å². The molecular weight excluding hydrogens is 370 g/mol. The first-order valence-electron chi connectivity index (χ1n) is 9.79. The van der Waals surface area contributed by atoms with Crippen LogP contribution in [0.1, 0.15) is 43.3 Å². The molecule has 1 N–H and O–H groups in total.